The van der Waals surface area contributed by atoms with Gasteiger partial charge in [0.2, 0.25) is 5.91 Å². The Labute approximate surface area is 99.2 Å². The number of β-amino-alcohol motifs (C(OH)–C–C–N with tert-alkyl or cyclic N) is 1. The number of aliphatic carboxylic acids is 1. The maximum atomic E-state index is 12.1. The molecule has 2 aliphatic rings. The van der Waals surface area contributed by atoms with Crippen molar-refractivity contribution in [3.8, 4) is 0 Å². The first-order valence-electron chi connectivity index (χ1n) is 5.88. The first-order chi connectivity index (χ1) is 8.09. The van der Waals surface area contributed by atoms with Gasteiger partial charge in [-0.3, -0.25) is 4.79 Å². The average molecular weight is 243 g/mol. The molecule has 0 aromatic heterocycles. The number of ether oxygens (including phenoxy) is 1. The Balaban J connectivity index is 2.04. The second kappa shape index (κ2) is 5.01. The summed E-state index contributed by atoms with van der Waals surface area (Å²) < 4.78 is 5.23. The van der Waals surface area contributed by atoms with E-state index in [0.29, 0.717) is 13.2 Å². The number of carboxylic acid groups (broad SMARTS) is 1. The molecular weight excluding hydrogens is 226 g/mol. The van der Waals surface area contributed by atoms with Crippen LogP contribution in [0.5, 0.6) is 0 Å². The number of aliphatic hydroxyl groups excluding tert-OH is 1. The predicted molar refractivity (Wildman–Crippen MR) is 57.3 cm³/mol. The van der Waals surface area contributed by atoms with Gasteiger partial charge in [0.15, 0.2) is 0 Å². The second-order valence-electron chi connectivity index (χ2n) is 4.65. The molecule has 6 heteroatoms. The van der Waals surface area contributed by atoms with Crippen molar-refractivity contribution in [1.29, 1.82) is 0 Å². The molecule has 2 N–H and O–H groups in total. The van der Waals surface area contributed by atoms with Gasteiger partial charge in [-0.25, -0.2) is 4.79 Å². The summed E-state index contributed by atoms with van der Waals surface area (Å²) in [6.07, 6.45) is 0.946. The minimum Gasteiger partial charge on any atom is -0.480 e. The number of rotatable bonds is 2. The van der Waals surface area contributed by atoms with Crippen LogP contribution in [0.4, 0.5) is 0 Å². The van der Waals surface area contributed by atoms with E-state index in [-0.39, 0.29) is 24.8 Å². The number of hydrogen-bond acceptors (Lipinski definition) is 4. The van der Waals surface area contributed by atoms with Gasteiger partial charge in [0.1, 0.15) is 6.04 Å². The van der Waals surface area contributed by atoms with E-state index in [4.69, 9.17) is 9.84 Å². The third kappa shape index (κ3) is 2.58. The molecule has 0 spiro atoms. The van der Waals surface area contributed by atoms with Gasteiger partial charge in [0.05, 0.1) is 18.6 Å². The maximum Gasteiger partial charge on any atom is 0.326 e. The van der Waals surface area contributed by atoms with E-state index in [9.17, 15) is 14.7 Å². The maximum absolute atomic E-state index is 12.1. The van der Waals surface area contributed by atoms with Gasteiger partial charge in [-0.2, -0.15) is 0 Å². The van der Waals surface area contributed by atoms with Gasteiger partial charge in [0.25, 0.3) is 0 Å². The van der Waals surface area contributed by atoms with Crippen LogP contribution in [0.1, 0.15) is 19.3 Å². The first-order valence-corrected chi connectivity index (χ1v) is 5.88. The van der Waals surface area contributed by atoms with E-state index >= 15 is 0 Å². The topological polar surface area (TPSA) is 87.1 Å². The monoisotopic (exact) mass is 243 g/mol. The second-order valence-corrected chi connectivity index (χ2v) is 4.65. The SMILES string of the molecule is O=C(O)[C@@H]1C[C@H](O)CN1C(=O)C1CCCOC1. The molecule has 0 aliphatic carbocycles. The summed E-state index contributed by atoms with van der Waals surface area (Å²) in [5.74, 6) is -1.50. The number of likely N-dealkylation sites (tertiary alicyclic amines) is 1. The first kappa shape index (κ1) is 12.3. The van der Waals surface area contributed by atoms with Crippen LogP contribution in [-0.4, -0.2) is 58.9 Å². The van der Waals surface area contributed by atoms with Gasteiger partial charge >= 0.3 is 5.97 Å². The molecule has 1 amide bonds. The minimum atomic E-state index is -1.05. The largest absolute Gasteiger partial charge is 0.480 e. The van der Waals surface area contributed by atoms with Crippen molar-refractivity contribution in [2.24, 2.45) is 5.92 Å². The Morgan fingerprint density at radius 2 is 2.12 bits per heavy atom. The van der Waals surface area contributed by atoms with Crippen LogP contribution in [0.15, 0.2) is 0 Å². The number of aliphatic hydroxyl groups is 1. The predicted octanol–water partition coefficient (Wildman–Crippen LogP) is -0.541. The molecule has 6 nitrogen and oxygen atoms in total. The lowest BCUT2D eigenvalue weighted by atomic mass is 10.0. The van der Waals surface area contributed by atoms with Gasteiger partial charge in [-0.05, 0) is 12.8 Å². The number of carbonyl (C=O) groups excluding carboxylic acids is 1. The van der Waals surface area contributed by atoms with E-state index in [2.05, 4.69) is 0 Å². The van der Waals surface area contributed by atoms with Gasteiger partial charge in [-0.1, -0.05) is 0 Å². The Hall–Kier alpha value is -1.14. The van der Waals surface area contributed by atoms with Crippen molar-refractivity contribution in [3.63, 3.8) is 0 Å². The van der Waals surface area contributed by atoms with E-state index in [1.54, 1.807) is 0 Å². The Bertz CT molecular complexity index is 313. The molecule has 2 aliphatic heterocycles. The standard InChI is InChI=1S/C11H17NO5/c13-8-4-9(11(15)16)12(5-8)10(14)7-2-1-3-17-6-7/h7-9,13H,1-6H2,(H,15,16)/t7?,8-,9-/m0/s1. The van der Waals surface area contributed by atoms with Crippen LogP contribution in [0.3, 0.4) is 0 Å². The van der Waals surface area contributed by atoms with E-state index in [1.165, 1.54) is 4.90 Å². The number of amides is 1. The van der Waals surface area contributed by atoms with Gasteiger partial charge < -0.3 is 19.8 Å². The molecule has 0 aromatic rings. The molecule has 2 fully saturated rings. The van der Waals surface area contributed by atoms with Crippen LogP contribution in [0, 0.1) is 5.92 Å². The van der Waals surface area contributed by atoms with E-state index in [1.807, 2.05) is 0 Å². The Morgan fingerprint density at radius 3 is 2.71 bits per heavy atom. The summed E-state index contributed by atoms with van der Waals surface area (Å²) in [6.45, 7) is 1.14. The summed E-state index contributed by atoms with van der Waals surface area (Å²) in [6, 6.07) is -0.889. The lowest BCUT2D eigenvalue weighted by Crippen LogP contribution is -2.45. The van der Waals surface area contributed by atoms with Crippen molar-refractivity contribution in [2.45, 2.75) is 31.4 Å². The van der Waals surface area contributed by atoms with Crippen molar-refractivity contribution in [3.05, 3.63) is 0 Å². The van der Waals surface area contributed by atoms with Crippen LogP contribution < -0.4 is 0 Å². The van der Waals surface area contributed by atoms with Gasteiger partial charge in [0, 0.05) is 19.6 Å². The highest BCUT2D eigenvalue weighted by atomic mass is 16.5. The molecule has 0 radical (unpaired) electrons. The van der Waals surface area contributed by atoms with Crippen LogP contribution in [0.2, 0.25) is 0 Å². The van der Waals surface area contributed by atoms with Crippen LogP contribution >= 0.6 is 0 Å². The van der Waals surface area contributed by atoms with Crippen molar-refractivity contribution >= 4 is 11.9 Å². The summed E-state index contributed by atoms with van der Waals surface area (Å²) in [7, 11) is 0. The molecule has 2 rings (SSSR count). The molecule has 1 unspecified atom stereocenters. The normalized spacial score (nSPS) is 33.7. The average Bonchev–Trinajstić information content (AvgIpc) is 2.72. The smallest absolute Gasteiger partial charge is 0.326 e. The molecule has 0 aromatic carbocycles. The summed E-state index contributed by atoms with van der Waals surface area (Å²) in [5, 5.41) is 18.5. The third-order valence-electron chi connectivity index (χ3n) is 3.36. The molecule has 2 saturated heterocycles. The highest BCUT2D eigenvalue weighted by Crippen LogP contribution is 2.24. The molecule has 0 saturated carbocycles. The molecule has 17 heavy (non-hydrogen) atoms. The summed E-state index contributed by atoms with van der Waals surface area (Å²) in [5.41, 5.74) is 0. The van der Waals surface area contributed by atoms with E-state index < -0.39 is 18.1 Å². The van der Waals surface area contributed by atoms with Crippen molar-refractivity contribution < 1.29 is 24.5 Å². The molecule has 0 bridgehead atoms. The third-order valence-corrected chi connectivity index (χ3v) is 3.36. The fourth-order valence-corrected chi connectivity index (χ4v) is 2.46. The summed E-state index contributed by atoms with van der Waals surface area (Å²) >= 11 is 0. The molecule has 2 heterocycles. The lowest BCUT2D eigenvalue weighted by Gasteiger charge is -2.28. The lowest BCUT2D eigenvalue weighted by molar-refractivity contribution is -0.151. The fourth-order valence-electron chi connectivity index (χ4n) is 2.46. The Morgan fingerprint density at radius 1 is 1.35 bits per heavy atom. The fraction of sp³-hybridized carbons (Fsp3) is 0.818. The highest BCUT2D eigenvalue weighted by Gasteiger charge is 2.41. The molecule has 96 valence electrons. The van der Waals surface area contributed by atoms with Crippen molar-refractivity contribution in [1.82, 2.24) is 4.90 Å². The van der Waals surface area contributed by atoms with E-state index in [0.717, 1.165) is 12.8 Å². The van der Waals surface area contributed by atoms with Crippen molar-refractivity contribution in [2.75, 3.05) is 19.8 Å². The molecule has 3 atom stereocenters. The summed E-state index contributed by atoms with van der Waals surface area (Å²) in [4.78, 5) is 24.4. The van der Waals surface area contributed by atoms with Crippen LogP contribution in [-0.2, 0) is 14.3 Å². The van der Waals surface area contributed by atoms with Crippen LogP contribution in [0.25, 0.3) is 0 Å². The number of carbonyl (C=O) groups is 2. The number of hydrogen-bond donors (Lipinski definition) is 2. The minimum absolute atomic E-state index is 0.117. The zero-order valence-corrected chi connectivity index (χ0v) is 9.54. The zero-order chi connectivity index (χ0) is 12.4. The number of nitrogens with zero attached hydrogens (tertiary/aromatic N) is 1. The van der Waals surface area contributed by atoms with Gasteiger partial charge in [-0.15, -0.1) is 0 Å². The number of carboxylic acids is 1. The Kier molecular flexibility index (Phi) is 3.63. The molecular formula is C11H17NO5. The highest BCUT2D eigenvalue weighted by molar-refractivity contribution is 5.86. The quantitative estimate of drug-likeness (QED) is 0.680. The zero-order valence-electron chi connectivity index (χ0n) is 9.54.